The van der Waals surface area contributed by atoms with Crippen molar-refractivity contribution in [3.05, 3.63) is 24.3 Å². The highest BCUT2D eigenvalue weighted by atomic mass is 16.6. The molecule has 0 aromatic heterocycles. The van der Waals surface area contributed by atoms with Crippen LogP contribution in [-0.2, 0) is 14.3 Å². The minimum Gasteiger partial charge on any atom is -0.396 e. The Balaban J connectivity index is 4.43. The van der Waals surface area contributed by atoms with E-state index in [0.29, 0.717) is 12.8 Å². The molecule has 0 fully saturated rings. The predicted molar refractivity (Wildman–Crippen MR) is 68.0 cm³/mol. The van der Waals surface area contributed by atoms with Gasteiger partial charge in [-0.3, -0.25) is 0 Å². The van der Waals surface area contributed by atoms with Crippen LogP contribution in [0.3, 0.4) is 0 Å². The molecule has 0 heterocycles. The predicted octanol–water partition coefficient (Wildman–Crippen LogP) is -0.0680. The quantitative estimate of drug-likeness (QED) is 0.325. The molecule has 0 rings (SSSR count). The number of allylic oxidation sites excluding steroid dienone is 1. The van der Waals surface area contributed by atoms with Gasteiger partial charge in [-0.15, -0.1) is 0 Å². The molecule has 0 radical (unpaired) electrons. The number of carbonyl (C=O) groups excluding carboxylic acids is 2. The van der Waals surface area contributed by atoms with Crippen molar-refractivity contribution in [2.75, 3.05) is 19.8 Å². The maximum Gasteiger partial charge on any atom is 0.341 e. The highest BCUT2D eigenvalue weighted by Crippen LogP contribution is 2.22. The molecule has 0 bridgehead atoms. The maximum atomic E-state index is 11.4. The second-order valence-electron chi connectivity index (χ2n) is 4.31. The van der Waals surface area contributed by atoms with Crippen LogP contribution in [0.4, 0.5) is 0 Å². The number of rotatable bonds is 8. The first-order valence-electron chi connectivity index (χ1n) is 5.82. The molecular weight excluding hydrogens is 252 g/mol. The number of aliphatic hydroxyl groups excluding tert-OH is 3. The van der Waals surface area contributed by atoms with Crippen molar-refractivity contribution in [2.45, 2.75) is 19.8 Å². The van der Waals surface area contributed by atoms with Gasteiger partial charge >= 0.3 is 11.9 Å². The summed E-state index contributed by atoms with van der Waals surface area (Å²) in [5, 5.41) is 27.3. The van der Waals surface area contributed by atoms with E-state index in [1.54, 1.807) is 0 Å². The Morgan fingerprint density at radius 2 is 1.74 bits per heavy atom. The normalized spacial score (nSPS) is 12.1. The number of carbonyl (C=O) groups is 2. The summed E-state index contributed by atoms with van der Waals surface area (Å²) < 4.78 is 4.41. The van der Waals surface area contributed by atoms with Crippen molar-refractivity contribution in [1.29, 1.82) is 0 Å². The largest absolute Gasteiger partial charge is 0.396 e. The molecule has 3 N–H and O–H groups in total. The first-order chi connectivity index (χ1) is 8.94. The molecule has 0 spiro atoms. The van der Waals surface area contributed by atoms with Gasteiger partial charge in [-0.2, -0.15) is 0 Å². The van der Waals surface area contributed by atoms with Crippen LogP contribution in [0.15, 0.2) is 24.3 Å². The summed E-state index contributed by atoms with van der Waals surface area (Å²) >= 11 is 0. The molecule has 108 valence electrons. The summed E-state index contributed by atoms with van der Waals surface area (Å²) in [5.74, 6) is -1.60. The van der Waals surface area contributed by atoms with E-state index in [1.165, 1.54) is 13.0 Å². The van der Waals surface area contributed by atoms with E-state index >= 15 is 0 Å². The molecule has 0 aliphatic rings. The third-order valence-electron chi connectivity index (χ3n) is 2.81. The first kappa shape index (κ1) is 17.5. The second kappa shape index (κ2) is 8.58. The van der Waals surface area contributed by atoms with E-state index in [9.17, 15) is 9.59 Å². The fraction of sp³-hybridized carbons (Fsp3) is 0.538. The van der Waals surface area contributed by atoms with Crippen molar-refractivity contribution in [3.63, 3.8) is 0 Å². The van der Waals surface area contributed by atoms with Crippen LogP contribution in [0.2, 0.25) is 0 Å². The van der Waals surface area contributed by atoms with Crippen LogP contribution < -0.4 is 0 Å². The van der Waals surface area contributed by atoms with Crippen molar-refractivity contribution < 1.29 is 29.6 Å². The Labute approximate surface area is 112 Å². The molecule has 0 saturated carbocycles. The van der Waals surface area contributed by atoms with E-state index < -0.39 is 17.4 Å². The van der Waals surface area contributed by atoms with Crippen LogP contribution in [0, 0.1) is 5.41 Å². The van der Waals surface area contributed by atoms with Crippen LogP contribution in [0.25, 0.3) is 0 Å². The topological polar surface area (TPSA) is 104 Å². The van der Waals surface area contributed by atoms with E-state index in [2.05, 4.69) is 11.3 Å². The SMILES string of the molecule is C=CC(=O)OC(=O)C(C)=CCCC(CO)(CO)CO. The Hall–Kier alpha value is -1.50. The molecule has 0 unspecified atom stereocenters. The minimum atomic E-state index is -0.975. The molecule has 6 nitrogen and oxygen atoms in total. The maximum absolute atomic E-state index is 11.4. The lowest BCUT2D eigenvalue weighted by atomic mass is 9.85. The fourth-order valence-electron chi connectivity index (χ4n) is 1.28. The van der Waals surface area contributed by atoms with Gasteiger partial charge in [0.05, 0.1) is 19.8 Å². The van der Waals surface area contributed by atoms with E-state index in [4.69, 9.17) is 15.3 Å². The summed E-state index contributed by atoms with van der Waals surface area (Å²) in [5.41, 5.74) is -0.740. The van der Waals surface area contributed by atoms with Crippen molar-refractivity contribution in [2.24, 2.45) is 5.41 Å². The molecule has 0 aliphatic heterocycles. The third kappa shape index (κ3) is 5.78. The fourth-order valence-corrected chi connectivity index (χ4v) is 1.28. The molecule has 0 aromatic carbocycles. The van der Waals surface area contributed by atoms with Crippen LogP contribution in [0.5, 0.6) is 0 Å². The molecule has 0 atom stereocenters. The van der Waals surface area contributed by atoms with Gasteiger partial charge < -0.3 is 20.1 Å². The molecule has 0 aliphatic carbocycles. The van der Waals surface area contributed by atoms with Crippen LogP contribution in [0.1, 0.15) is 19.8 Å². The highest BCUT2D eigenvalue weighted by Gasteiger charge is 2.27. The number of esters is 2. The van der Waals surface area contributed by atoms with Crippen LogP contribution >= 0.6 is 0 Å². The van der Waals surface area contributed by atoms with Crippen molar-refractivity contribution in [3.8, 4) is 0 Å². The van der Waals surface area contributed by atoms with E-state index in [0.717, 1.165) is 6.08 Å². The van der Waals surface area contributed by atoms with Gasteiger partial charge in [-0.25, -0.2) is 9.59 Å². The average molecular weight is 272 g/mol. The van der Waals surface area contributed by atoms with Gasteiger partial charge in [0, 0.05) is 17.1 Å². The number of hydrogen-bond acceptors (Lipinski definition) is 6. The average Bonchev–Trinajstić information content (AvgIpc) is 2.43. The molecule has 0 amide bonds. The monoisotopic (exact) mass is 272 g/mol. The first-order valence-corrected chi connectivity index (χ1v) is 5.82. The summed E-state index contributed by atoms with van der Waals surface area (Å²) in [6, 6.07) is 0. The molecule has 19 heavy (non-hydrogen) atoms. The zero-order valence-corrected chi connectivity index (χ0v) is 11.0. The Kier molecular flexibility index (Phi) is 7.90. The van der Waals surface area contributed by atoms with Gasteiger partial charge in [-0.05, 0) is 19.8 Å². The lowest BCUT2D eigenvalue weighted by Gasteiger charge is -2.26. The molecule has 0 aromatic rings. The lowest BCUT2D eigenvalue weighted by molar-refractivity contribution is -0.153. The number of hydrogen-bond donors (Lipinski definition) is 3. The van der Waals surface area contributed by atoms with Crippen molar-refractivity contribution in [1.82, 2.24) is 0 Å². The van der Waals surface area contributed by atoms with Crippen molar-refractivity contribution >= 4 is 11.9 Å². The highest BCUT2D eigenvalue weighted by molar-refractivity contribution is 5.98. The van der Waals surface area contributed by atoms with Gasteiger partial charge in [0.25, 0.3) is 0 Å². The Morgan fingerprint density at radius 1 is 1.21 bits per heavy atom. The summed E-state index contributed by atoms with van der Waals surface area (Å²) in [6.07, 6.45) is 3.06. The smallest absolute Gasteiger partial charge is 0.341 e. The summed E-state index contributed by atoms with van der Waals surface area (Å²) in [7, 11) is 0. The molecule has 0 saturated heterocycles. The Bertz CT molecular complexity index is 346. The van der Waals surface area contributed by atoms with E-state index in [1.807, 2.05) is 0 Å². The van der Waals surface area contributed by atoms with Gasteiger partial charge in [-0.1, -0.05) is 12.7 Å². The van der Waals surface area contributed by atoms with Gasteiger partial charge in [0.1, 0.15) is 0 Å². The summed E-state index contributed by atoms with van der Waals surface area (Å²) in [4.78, 5) is 22.2. The minimum absolute atomic E-state index is 0.234. The third-order valence-corrected chi connectivity index (χ3v) is 2.81. The molecule has 6 heteroatoms. The van der Waals surface area contributed by atoms with E-state index in [-0.39, 0.29) is 25.4 Å². The zero-order valence-electron chi connectivity index (χ0n) is 11.0. The van der Waals surface area contributed by atoms with Gasteiger partial charge in [0.15, 0.2) is 0 Å². The number of ether oxygens (including phenoxy) is 1. The molecular formula is C13H20O6. The Morgan fingerprint density at radius 3 is 2.16 bits per heavy atom. The second-order valence-corrected chi connectivity index (χ2v) is 4.31. The number of aliphatic hydroxyl groups is 3. The lowest BCUT2D eigenvalue weighted by Crippen LogP contribution is -2.33. The zero-order chi connectivity index (χ0) is 14.9. The van der Waals surface area contributed by atoms with Crippen LogP contribution in [-0.4, -0.2) is 47.1 Å². The summed E-state index contributed by atoms with van der Waals surface area (Å²) in [6.45, 7) is 3.59. The van der Waals surface area contributed by atoms with Gasteiger partial charge in [0.2, 0.25) is 0 Å². The standard InChI is InChI=1S/C13H20O6/c1-3-11(17)19-12(18)10(2)5-4-6-13(7-14,8-15)9-16/h3,5,14-16H,1,4,6-9H2,2H3.